The Labute approximate surface area is 122 Å². The third kappa shape index (κ3) is 20.1. The zero-order valence-electron chi connectivity index (χ0n) is 12.4. The predicted octanol–water partition coefficient (Wildman–Crippen LogP) is 0.725. The zero-order valence-corrected chi connectivity index (χ0v) is 13.2. The number of aliphatic hydroxyl groups excluding tert-OH is 2. The normalized spacial score (nSPS) is 12.7. The van der Waals surface area contributed by atoms with E-state index < -0.39 is 10.4 Å². The summed E-state index contributed by atoms with van der Waals surface area (Å²) in [5.41, 5.74) is 0. The van der Waals surface area contributed by atoms with E-state index in [1.54, 1.807) is 0 Å². The van der Waals surface area contributed by atoms with Crippen molar-refractivity contribution in [2.45, 2.75) is 52.1 Å². The highest BCUT2D eigenvalue weighted by Crippen LogP contribution is 2.11. The van der Waals surface area contributed by atoms with E-state index >= 15 is 0 Å². The second-order valence-corrected chi connectivity index (χ2v) is 5.30. The second-order valence-electron chi connectivity index (χ2n) is 4.25. The van der Waals surface area contributed by atoms with Crippen LogP contribution in [0.1, 0.15) is 46.0 Å². The maximum Gasteiger partial charge on any atom is 0.397 e. The lowest BCUT2D eigenvalue weighted by Gasteiger charge is -2.12. The highest BCUT2D eigenvalue weighted by molar-refractivity contribution is 7.80. The fourth-order valence-corrected chi connectivity index (χ4v) is 1.97. The van der Waals surface area contributed by atoms with Gasteiger partial charge in [0.05, 0.1) is 19.3 Å². The third-order valence-corrected chi connectivity index (χ3v) is 2.94. The molecule has 20 heavy (non-hydrogen) atoms. The summed E-state index contributed by atoms with van der Waals surface area (Å²) >= 11 is 0. The molecule has 0 aromatic rings. The summed E-state index contributed by atoms with van der Waals surface area (Å²) in [7, 11) is -4.27. The van der Waals surface area contributed by atoms with E-state index in [2.05, 4.69) is 16.4 Å². The van der Waals surface area contributed by atoms with Crippen LogP contribution >= 0.6 is 0 Å². The lowest BCUT2D eigenvalue weighted by atomic mass is 10.1. The zero-order chi connectivity index (χ0) is 15.9. The summed E-state index contributed by atoms with van der Waals surface area (Å²) in [6.45, 7) is 5.33. The van der Waals surface area contributed by atoms with Gasteiger partial charge in [0.1, 0.15) is 0 Å². The molecule has 0 aliphatic rings. The molecule has 0 radical (unpaired) electrons. The maximum atomic E-state index is 10.4. The lowest BCUT2D eigenvalue weighted by Crippen LogP contribution is -2.21. The molecule has 0 amide bonds. The molecule has 4 N–H and O–H groups in total. The number of unbranched alkanes of at least 4 members (excludes halogenated alkanes) is 2. The van der Waals surface area contributed by atoms with E-state index in [0.29, 0.717) is 25.9 Å². The van der Waals surface area contributed by atoms with Crippen molar-refractivity contribution in [1.29, 1.82) is 0 Å². The van der Waals surface area contributed by atoms with E-state index in [-0.39, 0.29) is 19.3 Å². The van der Waals surface area contributed by atoms with Crippen molar-refractivity contribution in [3.05, 3.63) is 0 Å². The van der Waals surface area contributed by atoms with Crippen LogP contribution in [0.2, 0.25) is 0 Å². The van der Waals surface area contributed by atoms with E-state index in [4.69, 9.17) is 14.8 Å². The van der Waals surface area contributed by atoms with Crippen molar-refractivity contribution in [2.75, 3.05) is 26.3 Å². The standard InChI is InChI=1S/C8H18O4S.C4H11NO2/c1-3-5-6-7-8(4-2)12-13(9,10)11;6-3-1-5-2-4-7/h8H,3-7H2,1-2H3,(H,9,10,11);5-7H,1-4H2. The lowest BCUT2D eigenvalue weighted by molar-refractivity contribution is 0.165. The minimum Gasteiger partial charge on any atom is -0.395 e. The van der Waals surface area contributed by atoms with Gasteiger partial charge >= 0.3 is 10.4 Å². The Bertz CT molecular complexity index is 280. The first-order valence-corrected chi connectivity index (χ1v) is 8.35. The number of hydrogen-bond acceptors (Lipinski definition) is 6. The monoisotopic (exact) mass is 315 g/mol. The van der Waals surface area contributed by atoms with Gasteiger partial charge in [0.2, 0.25) is 0 Å². The Kier molecular flexibility index (Phi) is 16.7. The van der Waals surface area contributed by atoms with Gasteiger partial charge in [-0.15, -0.1) is 0 Å². The van der Waals surface area contributed by atoms with Crippen molar-refractivity contribution in [3.8, 4) is 0 Å². The van der Waals surface area contributed by atoms with Crippen LogP contribution in [0.25, 0.3) is 0 Å². The second kappa shape index (κ2) is 15.1. The molecule has 124 valence electrons. The summed E-state index contributed by atoms with van der Waals surface area (Å²) in [6.07, 6.45) is 3.99. The number of aliphatic hydroxyl groups is 2. The van der Waals surface area contributed by atoms with Crippen LogP contribution in [0.15, 0.2) is 0 Å². The highest BCUT2D eigenvalue weighted by atomic mass is 32.3. The molecule has 0 saturated heterocycles. The van der Waals surface area contributed by atoms with Crippen molar-refractivity contribution in [2.24, 2.45) is 0 Å². The Morgan fingerprint density at radius 3 is 2.00 bits per heavy atom. The van der Waals surface area contributed by atoms with Crippen LogP contribution < -0.4 is 5.32 Å². The van der Waals surface area contributed by atoms with Gasteiger partial charge in [-0.2, -0.15) is 8.42 Å². The molecule has 0 fully saturated rings. The van der Waals surface area contributed by atoms with Crippen LogP contribution in [-0.2, 0) is 14.6 Å². The number of hydrogen-bond donors (Lipinski definition) is 4. The molecule has 0 saturated carbocycles. The molecular weight excluding hydrogens is 286 g/mol. The first-order valence-electron chi connectivity index (χ1n) is 6.99. The minimum absolute atomic E-state index is 0.139. The Balaban J connectivity index is 0. The minimum atomic E-state index is -4.27. The summed E-state index contributed by atoms with van der Waals surface area (Å²) in [5.74, 6) is 0. The van der Waals surface area contributed by atoms with Crippen LogP contribution in [0.5, 0.6) is 0 Å². The molecule has 7 nitrogen and oxygen atoms in total. The fourth-order valence-electron chi connectivity index (χ4n) is 1.40. The van der Waals surface area contributed by atoms with Crippen molar-refractivity contribution >= 4 is 10.4 Å². The molecule has 0 aliphatic heterocycles. The quantitative estimate of drug-likeness (QED) is 0.328. The van der Waals surface area contributed by atoms with Crippen molar-refractivity contribution < 1.29 is 27.4 Å². The van der Waals surface area contributed by atoms with Gasteiger partial charge in [0, 0.05) is 13.1 Å². The summed E-state index contributed by atoms with van der Waals surface area (Å²) in [4.78, 5) is 0. The highest BCUT2D eigenvalue weighted by Gasteiger charge is 2.14. The van der Waals surface area contributed by atoms with Gasteiger partial charge in [-0.05, 0) is 12.8 Å². The van der Waals surface area contributed by atoms with E-state index in [1.807, 2.05) is 6.92 Å². The molecule has 0 aromatic carbocycles. The summed E-state index contributed by atoms with van der Waals surface area (Å²) in [5, 5.41) is 19.1. The molecule has 1 atom stereocenters. The van der Waals surface area contributed by atoms with E-state index in [1.165, 1.54) is 0 Å². The number of rotatable bonds is 11. The first-order chi connectivity index (χ1) is 9.41. The van der Waals surface area contributed by atoms with Crippen molar-refractivity contribution in [1.82, 2.24) is 5.32 Å². The van der Waals surface area contributed by atoms with E-state index in [9.17, 15) is 8.42 Å². The summed E-state index contributed by atoms with van der Waals surface area (Å²) < 4.78 is 33.6. The SMILES string of the molecule is CCCCCC(CC)OS(=O)(=O)O.OCCNCCO. The van der Waals surface area contributed by atoms with Gasteiger partial charge in [0.15, 0.2) is 0 Å². The average molecular weight is 315 g/mol. The Morgan fingerprint density at radius 1 is 1.10 bits per heavy atom. The molecule has 0 bridgehead atoms. The van der Waals surface area contributed by atoms with Crippen LogP contribution in [-0.4, -0.2) is 55.6 Å². The molecule has 0 spiro atoms. The van der Waals surface area contributed by atoms with Crippen LogP contribution in [0.4, 0.5) is 0 Å². The van der Waals surface area contributed by atoms with Crippen LogP contribution in [0, 0.1) is 0 Å². The molecule has 0 rings (SSSR count). The maximum absolute atomic E-state index is 10.4. The molecule has 1 unspecified atom stereocenters. The molecular formula is C12H29NO6S. The number of nitrogens with one attached hydrogen (secondary N) is 1. The average Bonchev–Trinajstić information content (AvgIpc) is 2.38. The van der Waals surface area contributed by atoms with Gasteiger partial charge in [-0.3, -0.25) is 4.55 Å². The van der Waals surface area contributed by atoms with Gasteiger partial charge in [-0.25, -0.2) is 4.18 Å². The molecule has 8 heteroatoms. The Hall–Kier alpha value is -0.250. The van der Waals surface area contributed by atoms with E-state index in [0.717, 1.165) is 19.3 Å². The fraction of sp³-hybridized carbons (Fsp3) is 1.00. The third-order valence-electron chi connectivity index (χ3n) is 2.42. The molecule has 0 aliphatic carbocycles. The smallest absolute Gasteiger partial charge is 0.395 e. The Morgan fingerprint density at radius 2 is 1.65 bits per heavy atom. The van der Waals surface area contributed by atoms with Gasteiger partial charge in [-0.1, -0.05) is 33.1 Å². The first kappa shape index (κ1) is 22.0. The van der Waals surface area contributed by atoms with Gasteiger partial charge in [0.25, 0.3) is 0 Å². The largest absolute Gasteiger partial charge is 0.397 e. The summed E-state index contributed by atoms with van der Waals surface area (Å²) in [6, 6.07) is 0. The molecule has 0 aromatic heterocycles. The predicted molar refractivity (Wildman–Crippen MR) is 77.9 cm³/mol. The van der Waals surface area contributed by atoms with Crippen LogP contribution in [0.3, 0.4) is 0 Å². The molecule has 0 heterocycles. The van der Waals surface area contributed by atoms with Gasteiger partial charge < -0.3 is 15.5 Å². The van der Waals surface area contributed by atoms with Crippen molar-refractivity contribution in [3.63, 3.8) is 0 Å². The topological polar surface area (TPSA) is 116 Å².